The summed E-state index contributed by atoms with van der Waals surface area (Å²) in [6, 6.07) is 4.32. The van der Waals surface area contributed by atoms with Crippen molar-refractivity contribution >= 4 is 23.4 Å². The Morgan fingerprint density at radius 1 is 1.29 bits per heavy atom. The molecule has 1 amide bonds. The van der Waals surface area contributed by atoms with Crippen LogP contribution in [0.2, 0.25) is 0 Å². The minimum atomic E-state index is -4.38. The molecule has 1 rings (SSSR count). The van der Waals surface area contributed by atoms with Crippen molar-refractivity contribution in [3.8, 4) is 0 Å². The number of aliphatic hydroxyl groups is 1. The van der Waals surface area contributed by atoms with Gasteiger partial charge in [-0.1, -0.05) is 6.92 Å². The van der Waals surface area contributed by atoms with Crippen molar-refractivity contribution < 1.29 is 23.1 Å². The van der Waals surface area contributed by atoms with Crippen molar-refractivity contribution in [2.75, 3.05) is 17.7 Å². The molecule has 0 spiro atoms. The van der Waals surface area contributed by atoms with Gasteiger partial charge >= 0.3 is 6.18 Å². The molecule has 3 nitrogen and oxygen atoms in total. The van der Waals surface area contributed by atoms with Gasteiger partial charge in [0.05, 0.1) is 10.8 Å². The number of benzene rings is 1. The Morgan fingerprint density at radius 3 is 2.33 bits per heavy atom. The van der Waals surface area contributed by atoms with Crippen molar-refractivity contribution in [3.63, 3.8) is 0 Å². The molecule has 2 N–H and O–H groups in total. The first-order chi connectivity index (χ1) is 9.74. The summed E-state index contributed by atoms with van der Waals surface area (Å²) in [6.45, 7) is 3.64. The van der Waals surface area contributed by atoms with Gasteiger partial charge in [0.25, 0.3) is 0 Å². The molecular formula is C14H18F3NO2S. The average molecular weight is 321 g/mol. The largest absolute Gasteiger partial charge is 0.416 e. The summed E-state index contributed by atoms with van der Waals surface area (Å²) in [5.74, 6) is 0.458. The normalized spacial score (nSPS) is 14.6. The first kappa shape index (κ1) is 17.8. The maximum Gasteiger partial charge on any atom is 0.416 e. The quantitative estimate of drug-likeness (QED) is 0.844. The van der Waals surface area contributed by atoms with Gasteiger partial charge in [-0.25, -0.2) is 0 Å². The van der Waals surface area contributed by atoms with Gasteiger partial charge in [-0.05, 0) is 42.9 Å². The van der Waals surface area contributed by atoms with Crippen molar-refractivity contribution in [3.05, 3.63) is 29.8 Å². The van der Waals surface area contributed by atoms with Gasteiger partial charge in [0.15, 0.2) is 0 Å². The lowest BCUT2D eigenvalue weighted by Crippen LogP contribution is -2.23. The molecule has 0 bridgehead atoms. The highest BCUT2D eigenvalue weighted by molar-refractivity contribution is 8.00. The van der Waals surface area contributed by atoms with Gasteiger partial charge in [0.2, 0.25) is 5.91 Å². The number of carbonyl (C=O) groups is 1. The Labute approximate surface area is 125 Å². The first-order valence-electron chi connectivity index (χ1n) is 6.44. The zero-order chi connectivity index (χ0) is 16.0. The Morgan fingerprint density at radius 2 is 1.86 bits per heavy atom. The number of amides is 1. The van der Waals surface area contributed by atoms with Gasteiger partial charge in [0.1, 0.15) is 0 Å². The predicted octanol–water partition coefficient (Wildman–Crippen LogP) is 3.39. The molecule has 21 heavy (non-hydrogen) atoms. The number of carbonyl (C=O) groups excluding carboxylic acids is 1. The second-order valence-electron chi connectivity index (χ2n) is 4.83. The molecule has 2 atom stereocenters. The van der Waals surface area contributed by atoms with E-state index in [4.69, 9.17) is 5.11 Å². The smallest absolute Gasteiger partial charge is 0.396 e. The zero-order valence-electron chi connectivity index (χ0n) is 11.8. The van der Waals surface area contributed by atoms with E-state index in [0.717, 1.165) is 12.1 Å². The average Bonchev–Trinajstić information content (AvgIpc) is 2.43. The highest BCUT2D eigenvalue weighted by Gasteiger charge is 2.30. The number of hydrogen-bond donors (Lipinski definition) is 2. The zero-order valence-corrected chi connectivity index (χ0v) is 12.6. The van der Waals surface area contributed by atoms with Gasteiger partial charge in [-0.3, -0.25) is 4.79 Å². The molecule has 0 fully saturated rings. The first-order valence-corrected chi connectivity index (χ1v) is 7.49. The van der Waals surface area contributed by atoms with Crippen molar-refractivity contribution in [1.82, 2.24) is 0 Å². The van der Waals surface area contributed by atoms with Crippen LogP contribution in [0.5, 0.6) is 0 Å². The Bertz CT molecular complexity index is 462. The summed E-state index contributed by atoms with van der Waals surface area (Å²) in [7, 11) is 0. The summed E-state index contributed by atoms with van der Waals surface area (Å²) >= 11 is 1.39. The van der Waals surface area contributed by atoms with Gasteiger partial charge in [0, 0.05) is 12.3 Å². The lowest BCUT2D eigenvalue weighted by atomic mass is 10.2. The molecule has 1 aromatic carbocycles. The number of alkyl halides is 3. The summed E-state index contributed by atoms with van der Waals surface area (Å²) in [5.41, 5.74) is -0.421. The Hall–Kier alpha value is -1.21. The summed E-state index contributed by atoms with van der Waals surface area (Å²) in [5, 5.41) is 11.1. The molecule has 0 aliphatic heterocycles. The second-order valence-corrected chi connectivity index (χ2v) is 6.20. The molecular weight excluding hydrogens is 303 g/mol. The molecule has 0 saturated carbocycles. The van der Waals surface area contributed by atoms with Gasteiger partial charge < -0.3 is 10.4 Å². The van der Waals surface area contributed by atoms with Crippen LogP contribution in [0.3, 0.4) is 0 Å². The van der Waals surface area contributed by atoms with Crippen LogP contribution in [0.15, 0.2) is 24.3 Å². The maximum atomic E-state index is 12.4. The minimum Gasteiger partial charge on any atom is -0.396 e. The lowest BCUT2D eigenvalue weighted by molar-refractivity contribution is -0.137. The molecule has 7 heteroatoms. The number of anilines is 1. The van der Waals surface area contributed by atoms with Crippen molar-refractivity contribution in [2.24, 2.45) is 5.92 Å². The Kier molecular flexibility index (Phi) is 6.54. The minimum absolute atomic E-state index is 0.0558. The standard InChI is InChI=1S/C14H18F3NO2S/c1-9(7-19)8-21-10(2)13(20)18-12-5-3-11(4-6-12)14(15,16)17/h3-6,9-10,19H,7-8H2,1-2H3,(H,18,20)/t9-,10+/m0/s1. The van der Waals surface area contributed by atoms with Crippen LogP contribution in [0.4, 0.5) is 18.9 Å². The maximum absolute atomic E-state index is 12.4. The highest BCUT2D eigenvalue weighted by atomic mass is 32.2. The molecule has 0 heterocycles. The van der Waals surface area contributed by atoms with E-state index in [1.54, 1.807) is 6.92 Å². The van der Waals surface area contributed by atoms with E-state index in [0.29, 0.717) is 11.4 Å². The molecule has 0 aromatic heterocycles. The van der Waals surface area contributed by atoms with Gasteiger partial charge in [-0.15, -0.1) is 11.8 Å². The molecule has 0 aliphatic rings. The van der Waals surface area contributed by atoms with Gasteiger partial charge in [-0.2, -0.15) is 13.2 Å². The van der Waals surface area contributed by atoms with Crippen molar-refractivity contribution in [1.29, 1.82) is 0 Å². The predicted molar refractivity (Wildman–Crippen MR) is 78.2 cm³/mol. The van der Waals surface area contributed by atoms with E-state index >= 15 is 0 Å². The molecule has 118 valence electrons. The SMILES string of the molecule is C[C@@H](CO)CS[C@H](C)C(=O)Nc1ccc(C(F)(F)F)cc1. The lowest BCUT2D eigenvalue weighted by Gasteiger charge is -2.14. The molecule has 0 saturated heterocycles. The van der Waals surface area contributed by atoms with E-state index in [-0.39, 0.29) is 23.7 Å². The summed E-state index contributed by atoms with van der Waals surface area (Å²) < 4.78 is 37.2. The van der Waals surface area contributed by atoms with Crippen LogP contribution in [0, 0.1) is 5.92 Å². The van der Waals surface area contributed by atoms with Crippen LogP contribution >= 0.6 is 11.8 Å². The Balaban J connectivity index is 2.54. The molecule has 0 unspecified atom stereocenters. The van der Waals surface area contributed by atoms with E-state index in [1.807, 2.05) is 6.92 Å². The molecule has 0 aliphatic carbocycles. The van der Waals surface area contributed by atoms with Crippen LogP contribution in [-0.4, -0.2) is 28.6 Å². The fourth-order valence-electron chi connectivity index (χ4n) is 1.42. The monoisotopic (exact) mass is 321 g/mol. The topological polar surface area (TPSA) is 49.3 Å². The summed E-state index contributed by atoms with van der Waals surface area (Å²) in [6.07, 6.45) is -4.38. The van der Waals surface area contributed by atoms with E-state index in [1.165, 1.54) is 23.9 Å². The molecule has 0 radical (unpaired) electrons. The van der Waals surface area contributed by atoms with Crippen LogP contribution in [-0.2, 0) is 11.0 Å². The number of rotatable bonds is 6. The third kappa shape index (κ3) is 5.97. The fourth-order valence-corrected chi connectivity index (χ4v) is 2.36. The van der Waals surface area contributed by atoms with Crippen molar-refractivity contribution in [2.45, 2.75) is 25.3 Å². The second kappa shape index (κ2) is 7.70. The van der Waals surface area contributed by atoms with E-state index in [9.17, 15) is 18.0 Å². The number of hydrogen-bond acceptors (Lipinski definition) is 3. The van der Waals surface area contributed by atoms with E-state index in [2.05, 4.69) is 5.32 Å². The third-order valence-electron chi connectivity index (χ3n) is 2.79. The van der Waals surface area contributed by atoms with E-state index < -0.39 is 11.7 Å². The van der Waals surface area contributed by atoms with Crippen LogP contribution < -0.4 is 5.32 Å². The number of thioether (sulfide) groups is 1. The number of nitrogens with one attached hydrogen (secondary N) is 1. The summed E-state index contributed by atoms with van der Waals surface area (Å²) in [4.78, 5) is 11.9. The van der Waals surface area contributed by atoms with Crippen LogP contribution in [0.25, 0.3) is 0 Å². The highest BCUT2D eigenvalue weighted by Crippen LogP contribution is 2.30. The van der Waals surface area contributed by atoms with Crippen LogP contribution in [0.1, 0.15) is 19.4 Å². The third-order valence-corrected chi connectivity index (χ3v) is 4.27. The number of halogens is 3. The fraction of sp³-hybridized carbons (Fsp3) is 0.500. The number of aliphatic hydroxyl groups excluding tert-OH is 1. The molecule has 1 aromatic rings.